The van der Waals surface area contributed by atoms with Crippen LogP contribution >= 0.6 is 0 Å². The Morgan fingerprint density at radius 1 is 0.446 bits per heavy atom. The van der Waals surface area contributed by atoms with Crippen LogP contribution in [0, 0.1) is 11.3 Å². The Bertz CT molecular complexity index is 3920. The summed E-state index contributed by atoms with van der Waals surface area (Å²) in [6.07, 6.45) is 0. The van der Waals surface area contributed by atoms with Crippen LogP contribution in [0.1, 0.15) is 27.8 Å². The van der Waals surface area contributed by atoms with Crippen LogP contribution in [-0.2, 0) is 5.41 Å². The molecule has 5 heteroatoms. The monoisotopic (exact) mass is 826 g/mol. The van der Waals surface area contributed by atoms with Gasteiger partial charge in [0.2, 0.25) is 0 Å². The zero-order valence-electron chi connectivity index (χ0n) is 34.8. The number of nitriles is 1. The number of fused-ring (bicyclic) bond motifs is 16. The summed E-state index contributed by atoms with van der Waals surface area (Å²) < 4.78 is 9.44. The van der Waals surface area contributed by atoms with Gasteiger partial charge in [-0.15, -0.1) is 0 Å². The van der Waals surface area contributed by atoms with Gasteiger partial charge in [-0.25, -0.2) is 9.97 Å². The van der Waals surface area contributed by atoms with Crippen molar-refractivity contribution in [1.29, 1.82) is 5.26 Å². The van der Waals surface area contributed by atoms with E-state index in [1.54, 1.807) is 0 Å². The van der Waals surface area contributed by atoms with Crippen molar-refractivity contribution in [2.75, 3.05) is 0 Å². The van der Waals surface area contributed by atoms with E-state index in [4.69, 9.17) is 14.4 Å². The predicted octanol–water partition coefficient (Wildman–Crippen LogP) is 14.7. The van der Waals surface area contributed by atoms with E-state index in [2.05, 4.69) is 144 Å². The Kier molecular flexibility index (Phi) is 7.32. The second-order valence-electron chi connectivity index (χ2n) is 17.1. The van der Waals surface area contributed by atoms with E-state index < -0.39 is 5.41 Å². The summed E-state index contributed by atoms with van der Waals surface area (Å²) in [6.45, 7) is 0. The molecule has 0 N–H and O–H groups in total. The molecule has 12 aromatic rings. The van der Waals surface area contributed by atoms with E-state index in [0.717, 1.165) is 55.3 Å². The summed E-state index contributed by atoms with van der Waals surface area (Å²) in [6, 6.07) is 75.3. The molecule has 2 aliphatic carbocycles. The molecule has 0 bridgehead atoms. The number of aromatic nitrogens is 3. The maximum atomic E-state index is 10.7. The van der Waals surface area contributed by atoms with Crippen molar-refractivity contribution < 1.29 is 4.42 Å². The maximum absolute atomic E-state index is 10.7. The van der Waals surface area contributed by atoms with E-state index in [0.29, 0.717) is 22.8 Å². The van der Waals surface area contributed by atoms with Crippen LogP contribution in [-0.4, -0.2) is 14.5 Å². The average Bonchev–Trinajstić information content (AvgIpc) is 4.10. The van der Waals surface area contributed by atoms with E-state index in [9.17, 15) is 5.26 Å². The van der Waals surface area contributed by atoms with Gasteiger partial charge in [0.05, 0.1) is 33.5 Å². The number of nitrogens with zero attached hydrogens (tertiary/aromatic N) is 4. The highest BCUT2D eigenvalue weighted by molar-refractivity contribution is 6.17. The van der Waals surface area contributed by atoms with Crippen molar-refractivity contribution in [1.82, 2.24) is 14.5 Å². The Morgan fingerprint density at radius 2 is 0.985 bits per heavy atom. The zero-order chi connectivity index (χ0) is 42.8. The molecular formula is C60H34N4O. The van der Waals surface area contributed by atoms with Crippen LogP contribution in [0.15, 0.2) is 211 Å². The summed E-state index contributed by atoms with van der Waals surface area (Å²) in [5, 5.41) is 14.9. The van der Waals surface area contributed by atoms with Crippen molar-refractivity contribution in [2.24, 2.45) is 0 Å². The molecule has 9 aromatic carbocycles. The number of hydrogen-bond donors (Lipinski definition) is 0. The minimum atomic E-state index is -0.493. The van der Waals surface area contributed by atoms with Crippen molar-refractivity contribution in [3.8, 4) is 67.9 Å². The highest BCUT2D eigenvalue weighted by atomic mass is 16.3. The smallest absolute Gasteiger partial charge is 0.161 e. The van der Waals surface area contributed by atoms with Gasteiger partial charge in [-0.2, -0.15) is 5.26 Å². The van der Waals surface area contributed by atoms with E-state index in [-0.39, 0.29) is 0 Å². The second-order valence-corrected chi connectivity index (χ2v) is 17.1. The topological polar surface area (TPSA) is 67.6 Å². The SMILES string of the molecule is N#Cc1c(-c2ccccc2)nc(-c2ccc(-n3c4ccccc4c4cc5c(cc43)C3(c4ccccc4-c4ccccc43)c3ccccc3-5)c3oc4ccccc4c23)nc1-c1ccccc1. The molecule has 5 nitrogen and oxygen atoms in total. The molecule has 0 atom stereocenters. The molecule has 0 amide bonds. The minimum absolute atomic E-state index is 0.432. The molecule has 0 saturated carbocycles. The fourth-order valence-corrected chi connectivity index (χ4v) is 11.3. The summed E-state index contributed by atoms with van der Waals surface area (Å²) in [5.41, 5.74) is 18.5. The fraction of sp³-hybridized carbons (Fsp3) is 0.0167. The Labute approximate surface area is 373 Å². The van der Waals surface area contributed by atoms with Crippen LogP contribution in [0.25, 0.3) is 106 Å². The lowest BCUT2D eigenvalue weighted by atomic mass is 9.70. The molecule has 0 aliphatic heterocycles. The van der Waals surface area contributed by atoms with Gasteiger partial charge in [0.15, 0.2) is 11.4 Å². The van der Waals surface area contributed by atoms with Crippen molar-refractivity contribution in [2.45, 2.75) is 5.41 Å². The van der Waals surface area contributed by atoms with Crippen molar-refractivity contribution in [3.63, 3.8) is 0 Å². The highest BCUT2D eigenvalue weighted by Crippen LogP contribution is 2.63. The van der Waals surface area contributed by atoms with Crippen molar-refractivity contribution in [3.05, 3.63) is 234 Å². The lowest BCUT2D eigenvalue weighted by molar-refractivity contribution is 0.666. The molecule has 65 heavy (non-hydrogen) atoms. The second kappa shape index (κ2) is 13.3. The first-order valence-electron chi connectivity index (χ1n) is 22.0. The number of para-hydroxylation sites is 2. The van der Waals surface area contributed by atoms with Crippen molar-refractivity contribution >= 4 is 43.7 Å². The minimum Gasteiger partial charge on any atom is -0.454 e. The lowest BCUT2D eigenvalue weighted by Gasteiger charge is -2.30. The Morgan fingerprint density at radius 3 is 1.62 bits per heavy atom. The van der Waals surface area contributed by atoms with Gasteiger partial charge in [-0.3, -0.25) is 0 Å². The third kappa shape index (κ3) is 4.75. The average molecular weight is 827 g/mol. The summed E-state index contributed by atoms with van der Waals surface area (Å²) in [7, 11) is 0. The van der Waals surface area contributed by atoms with Gasteiger partial charge in [-0.05, 0) is 80.9 Å². The fourth-order valence-electron chi connectivity index (χ4n) is 11.3. The van der Waals surface area contributed by atoms with E-state index >= 15 is 0 Å². The molecular weight excluding hydrogens is 793 g/mol. The third-order valence-electron chi connectivity index (χ3n) is 13.9. The first-order valence-corrected chi connectivity index (χ1v) is 22.0. The molecule has 0 fully saturated rings. The van der Waals surface area contributed by atoms with Gasteiger partial charge in [-0.1, -0.05) is 170 Å². The van der Waals surface area contributed by atoms with E-state index in [1.807, 2.05) is 72.8 Å². The van der Waals surface area contributed by atoms with Crippen LogP contribution in [0.2, 0.25) is 0 Å². The number of furan rings is 1. The zero-order valence-corrected chi connectivity index (χ0v) is 34.8. The van der Waals surface area contributed by atoms with Gasteiger partial charge in [0.1, 0.15) is 17.2 Å². The van der Waals surface area contributed by atoms with Crippen LogP contribution in [0.5, 0.6) is 0 Å². The van der Waals surface area contributed by atoms with Gasteiger partial charge in [0.25, 0.3) is 0 Å². The Balaban J connectivity index is 1.08. The standard InChI is InChI=1S/C60H34N4O/c61-35-46-56(36-17-3-1-4-18-36)62-59(63-57(46)37-19-5-2-6-20-37)43-31-32-52(58-55(43)42-25-11-16-30-54(42)65-58)64-51-29-15-10-24-41(51)45-33-44-40-23-9-14-28-49(40)60(50(44)34-53(45)64)47-26-12-7-21-38(47)39-22-8-13-27-48(39)60/h1-34H. The molecule has 2 aliphatic rings. The third-order valence-corrected chi connectivity index (χ3v) is 13.9. The number of benzene rings is 9. The van der Waals surface area contributed by atoms with Gasteiger partial charge >= 0.3 is 0 Å². The van der Waals surface area contributed by atoms with Crippen LogP contribution < -0.4 is 0 Å². The normalized spacial score (nSPS) is 13.0. The summed E-state index contributed by atoms with van der Waals surface area (Å²) >= 11 is 0. The van der Waals surface area contributed by atoms with Gasteiger partial charge < -0.3 is 8.98 Å². The summed E-state index contributed by atoms with van der Waals surface area (Å²) in [4.78, 5) is 10.5. The number of rotatable bonds is 4. The Hall–Kier alpha value is -8.85. The molecule has 0 saturated heterocycles. The molecule has 0 radical (unpaired) electrons. The van der Waals surface area contributed by atoms with Gasteiger partial charge in [0, 0.05) is 38.2 Å². The molecule has 3 aromatic heterocycles. The summed E-state index contributed by atoms with van der Waals surface area (Å²) in [5.74, 6) is 0.517. The molecule has 14 rings (SSSR count). The van der Waals surface area contributed by atoms with Crippen LogP contribution in [0.4, 0.5) is 0 Å². The largest absolute Gasteiger partial charge is 0.454 e. The quantitative estimate of drug-likeness (QED) is 0.177. The lowest BCUT2D eigenvalue weighted by Crippen LogP contribution is -2.25. The maximum Gasteiger partial charge on any atom is 0.161 e. The molecule has 1 spiro atoms. The first kappa shape index (κ1) is 35.7. The van der Waals surface area contributed by atoms with E-state index in [1.165, 1.54) is 55.3 Å². The van der Waals surface area contributed by atoms with Crippen LogP contribution in [0.3, 0.4) is 0 Å². The molecule has 3 heterocycles. The number of hydrogen-bond acceptors (Lipinski definition) is 4. The molecule has 0 unspecified atom stereocenters. The molecule has 300 valence electrons. The predicted molar refractivity (Wildman–Crippen MR) is 261 cm³/mol. The highest BCUT2D eigenvalue weighted by Gasteiger charge is 2.51. The first-order chi connectivity index (χ1) is 32.2.